The second kappa shape index (κ2) is 3.59. The predicted octanol–water partition coefficient (Wildman–Crippen LogP) is 1.85. The Morgan fingerprint density at radius 2 is 2.22 bits per heavy atom. The van der Waals surface area contributed by atoms with Crippen molar-refractivity contribution < 1.29 is 9.84 Å². The van der Waals surface area contributed by atoms with Gasteiger partial charge in [0.05, 0.1) is 30.8 Å². The van der Waals surface area contributed by atoms with Crippen LogP contribution in [-0.4, -0.2) is 29.5 Å². The lowest BCUT2D eigenvalue weighted by Gasteiger charge is -2.39. The van der Waals surface area contributed by atoms with E-state index >= 15 is 0 Å². The van der Waals surface area contributed by atoms with Crippen molar-refractivity contribution in [2.24, 2.45) is 0 Å². The fourth-order valence-electron chi connectivity index (χ4n) is 3.36. The molecule has 1 aromatic heterocycles. The van der Waals surface area contributed by atoms with Crippen LogP contribution < -0.4 is 0 Å². The Morgan fingerprint density at radius 3 is 2.94 bits per heavy atom. The number of aromatic nitrogens is 1. The van der Waals surface area contributed by atoms with Crippen LogP contribution >= 0.6 is 0 Å². The van der Waals surface area contributed by atoms with E-state index in [0.29, 0.717) is 13.2 Å². The smallest absolute Gasteiger partial charge is 0.0672 e. The number of para-hydroxylation sites is 1. The summed E-state index contributed by atoms with van der Waals surface area (Å²) in [6.07, 6.45) is 4.62. The van der Waals surface area contributed by atoms with Crippen LogP contribution in [-0.2, 0) is 23.1 Å². The second-order valence-electron chi connectivity index (χ2n) is 5.58. The minimum atomic E-state index is -0.160. The van der Waals surface area contributed by atoms with Crippen LogP contribution in [0.15, 0.2) is 24.4 Å². The lowest BCUT2D eigenvalue weighted by molar-refractivity contribution is -0.0835. The van der Waals surface area contributed by atoms with Crippen LogP contribution in [0.4, 0.5) is 0 Å². The third-order valence-corrected chi connectivity index (χ3v) is 4.46. The molecule has 2 aliphatic heterocycles. The van der Waals surface area contributed by atoms with Crippen LogP contribution in [0, 0.1) is 0 Å². The molecule has 0 atom stereocenters. The van der Waals surface area contributed by atoms with Gasteiger partial charge >= 0.3 is 0 Å². The molecule has 3 heterocycles. The van der Waals surface area contributed by atoms with E-state index in [2.05, 4.69) is 29.0 Å². The number of hydrogen-bond acceptors (Lipinski definition) is 2. The lowest BCUT2D eigenvalue weighted by Crippen LogP contribution is -2.49. The number of aliphatic hydroxyl groups excluding tert-OH is 1. The largest absolute Gasteiger partial charge is 0.395 e. The van der Waals surface area contributed by atoms with E-state index in [1.54, 1.807) is 0 Å². The SMILES string of the molecule is OCC1(c2cn3c4c(cccc24)CCC3)COC1. The summed E-state index contributed by atoms with van der Waals surface area (Å²) in [4.78, 5) is 0. The van der Waals surface area contributed by atoms with Crippen LogP contribution in [0.2, 0.25) is 0 Å². The summed E-state index contributed by atoms with van der Waals surface area (Å²) in [7, 11) is 0. The van der Waals surface area contributed by atoms with Crippen molar-refractivity contribution in [2.45, 2.75) is 24.8 Å². The average molecular weight is 243 g/mol. The number of ether oxygens (including phenoxy) is 1. The molecule has 0 saturated carbocycles. The quantitative estimate of drug-likeness (QED) is 0.873. The Kier molecular flexibility index (Phi) is 2.11. The van der Waals surface area contributed by atoms with Gasteiger partial charge in [0.25, 0.3) is 0 Å². The summed E-state index contributed by atoms with van der Waals surface area (Å²) in [6, 6.07) is 6.55. The number of benzene rings is 1. The predicted molar refractivity (Wildman–Crippen MR) is 69.8 cm³/mol. The van der Waals surface area contributed by atoms with E-state index < -0.39 is 0 Å². The monoisotopic (exact) mass is 243 g/mol. The minimum Gasteiger partial charge on any atom is -0.395 e. The van der Waals surface area contributed by atoms with Crippen molar-refractivity contribution >= 4 is 10.9 Å². The maximum atomic E-state index is 9.73. The number of nitrogens with zero attached hydrogens (tertiary/aromatic N) is 1. The molecule has 0 unspecified atom stereocenters. The van der Waals surface area contributed by atoms with Crippen LogP contribution in [0.1, 0.15) is 17.5 Å². The fraction of sp³-hybridized carbons (Fsp3) is 0.467. The van der Waals surface area contributed by atoms with E-state index in [0.717, 1.165) is 6.54 Å². The van der Waals surface area contributed by atoms with Gasteiger partial charge in [-0.3, -0.25) is 0 Å². The molecule has 1 N–H and O–H groups in total. The van der Waals surface area contributed by atoms with Gasteiger partial charge in [-0.2, -0.15) is 0 Å². The van der Waals surface area contributed by atoms with E-state index in [1.165, 1.54) is 34.9 Å². The van der Waals surface area contributed by atoms with Gasteiger partial charge in [0.15, 0.2) is 0 Å². The molecule has 94 valence electrons. The molecular weight excluding hydrogens is 226 g/mol. The lowest BCUT2D eigenvalue weighted by atomic mass is 9.79. The van der Waals surface area contributed by atoms with E-state index in [1.807, 2.05) is 0 Å². The van der Waals surface area contributed by atoms with Crippen LogP contribution in [0.3, 0.4) is 0 Å². The fourth-order valence-corrected chi connectivity index (χ4v) is 3.36. The molecule has 2 aromatic rings. The molecule has 1 aromatic carbocycles. The highest BCUT2D eigenvalue weighted by Crippen LogP contribution is 2.39. The molecule has 1 saturated heterocycles. The first kappa shape index (κ1) is 10.6. The average Bonchev–Trinajstić information content (AvgIpc) is 2.72. The minimum absolute atomic E-state index is 0.160. The maximum Gasteiger partial charge on any atom is 0.0672 e. The Bertz CT molecular complexity index is 605. The second-order valence-corrected chi connectivity index (χ2v) is 5.58. The third kappa shape index (κ3) is 1.21. The van der Waals surface area contributed by atoms with Crippen molar-refractivity contribution in [3.63, 3.8) is 0 Å². The summed E-state index contributed by atoms with van der Waals surface area (Å²) >= 11 is 0. The maximum absolute atomic E-state index is 9.73. The highest BCUT2D eigenvalue weighted by atomic mass is 16.5. The molecule has 0 bridgehead atoms. The van der Waals surface area contributed by atoms with Crippen molar-refractivity contribution in [2.75, 3.05) is 19.8 Å². The zero-order valence-electron chi connectivity index (χ0n) is 10.4. The summed E-state index contributed by atoms with van der Waals surface area (Å²) in [5, 5.41) is 11.0. The van der Waals surface area contributed by atoms with Crippen LogP contribution in [0.25, 0.3) is 10.9 Å². The van der Waals surface area contributed by atoms with Crippen molar-refractivity contribution in [1.82, 2.24) is 4.57 Å². The van der Waals surface area contributed by atoms with Gasteiger partial charge in [-0.1, -0.05) is 18.2 Å². The van der Waals surface area contributed by atoms with Gasteiger partial charge < -0.3 is 14.4 Å². The number of aryl methyl sites for hydroxylation is 2. The van der Waals surface area contributed by atoms with Crippen LogP contribution in [0.5, 0.6) is 0 Å². The Hall–Kier alpha value is -1.32. The summed E-state index contributed by atoms with van der Waals surface area (Å²) < 4.78 is 7.71. The molecule has 18 heavy (non-hydrogen) atoms. The molecule has 1 fully saturated rings. The first-order chi connectivity index (χ1) is 8.84. The third-order valence-electron chi connectivity index (χ3n) is 4.46. The number of hydrogen-bond donors (Lipinski definition) is 1. The van der Waals surface area contributed by atoms with Gasteiger partial charge in [-0.05, 0) is 24.0 Å². The van der Waals surface area contributed by atoms with Gasteiger partial charge in [0.2, 0.25) is 0 Å². The van der Waals surface area contributed by atoms with Gasteiger partial charge in [0, 0.05) is 18.1 Å². The van der Waals surface area contributed by atoms with Gasteiger partial charge in [0.1, 0.15) is 0 Å². The topological polar surface area (TPSA) is 34.4 Å². The van der Waals surface area contributed by atoms with E-state index in [4.69, 9.17) is 4.74 Å². The Labute approximate surface area is 106 Å². The molecule has 4 rings (SSSR count). The van der Waals surface area contributed by atoms with Gasteiger partial charge in [-0.25, -0.2) is 0 Å². The summed E-state index contributed by atoms with van der Waals surface area (Å²) in [5.41, 5.74) is 3.93. The molecule has 0 aliphatic carbocycles. The number of rotatable bonds is 2. The molecule has 0 amide bonds. The zero-order valence-corrected chi connectivity index (χ0v) is 10.4. The number of aliphatic hydroxyl groups is 1. The molecule has 0 radical (unpaired) electrons. The van der Waals surface area contributed by atoms with Crippen molar-refractivity contribution in [3.8, 4) is 0 Å². The summed E-state index contributed by atoms with van der Waals surface area (Å²) in [6.45, 7) is 2.56. The first-order valence-electron chi connectivity index (χ1n) is 6.64. The van der Waals surface area contributed by atoms with E-state index in [9.17, 15) is 5.11 Å². The molecule has 2 aliphatic rings. The highest BCUT2D eigenvalue weighted by Gasteiger charge is 2.42. The Balaban J connectivity index is 2.00. The Morgan fingerprint density at radius 1 is 1.33 bits per heavy atom. The summed E-state index contributed by atoms with van der Waals surface area (Å²) in [5.74, 6) is 0. The molecular formula is C15H17NO2. The first-order valence-corrected chi connectivity index (χ1v) is 6.64. The molecule has 3 nitrogen and oxygen atoms in total. The van der Waals surface area contributed by atoms with Crippen molar-refractivity contribution in [3.05, 3.63) is 35.5 Å². The zero-order chi connectivity index (χ0) is 12.2. The van der Waals surface area contributed by atoms with Crippen molar-refractivity contribution in [1.29, 1.82) is 0 Å². The van der Waals surface area contributed by atoms with E-state index in [-0.39, 0.29) is 12.0 Å². The molecule has 0 spiro atoms. The molecule has 3 heteroatoms. The highest BCUT2D eigenvalue weighted by molar-refractivity contribution is 5.88. The normalized spacial score (nSPS) is 20.9. The van der Waals surface area contributed by atoms with Gasteiger partial charge in [-0.15, -0.1) is 0 Å². The standard InChI is InChI=1S/C15H17NO2/c17-8-15(9-18-10-15)13-7-16-6-2-4-11-3-1-5-12(13)14(11)16/h1,3,5,7,17H,2,4,6,8-10H2.